The van der Waals surface area contributed by atoms with E-state index in [0.717, 1.165) is 0 Å². The minimum absolute atomic E-state index is 0.289. The summed E-state index contributed by atoms with van der Waals surface area (Å²) >= 11 is 0. The third-order valence-corrected chi connectivity index (χ3v) is 9.51. The van der Waals surface area contributed by atoms with E-state index in [-0.39, 0.29) is 13.2 Å². The number of phosphoric ester groups is 1. The standard InChI is InChI=1S/C41H58FO13P/c1-38(2,3)34(43)48-25-28(51-35(44)39(4,5)6)30-32(54-37(46)41(10,11)12)31(53-36(45)40(7,8)9)29(42)33(52-30)55-56(47,49-23-26-19-15-13-16-20-26)50-24-27-21-17-14-18-22-27/h13-22,28-33H,23-25H2,1-12H3/t28-,29?,30?,31?,32?,33?/m0/s1. The molecule has 0 bridgehead atoms. The van der Waals surface area contributed by atoms with Gasteiger partial charge >= 0.3 is 31.7 Å². The predicted molar refractivity (Wildman–Crippen MR) is 203 cm³/mol. The van der Waals surface area contributed by atoms with Crippen LogP contribution in [0.5, 0.6) is 0 Å². The van der Waals surface area contributed by atoms with Crippen LogP contribution in [0.25, 0.3) is 0 Å². The lowest BCUT2D eigenvalue weighted by atomic mass is 9.92. The van der Waals surface area contributed by atoms with E-state index in [4.69, 9.17) is 37.3 Å². The number of carbonyl (C=O) groups excluding carboxylic acids is 4. The summed E-state index contributed by atoms with van der Waals surface area (Å²) < 4.78 is 78.2. The molecule has 6 atom stereocenters. The lowest BCUT2D eigenvalue weighted by Gasteiger charge is -2.45. The van der Waals surface area contributed by atoms with Crippen molar-refractivity contribution in [2.24, 2.45) is 21.7 Å². The van der Waals surface area contributed by atoms with Crippen molar-refractivity contribution in [3.63, 3.8) is 0 Å². The molecule has 0 amide bonds. The Morgan fingerprint density at radius 2 is 1.05 bits per heavy atom. The smallest absolute Gasteiger partial charge is 0.461 e. The molecule has 0 radical (unpaired) electrons. The highest BCUT2D eigenvalue weighted by molar-refractivity contribution is 7.48. The second-order valence-electron chi connectivity index (χ2n) is 17.8. The summed E-state index contributed by atoms with van der Waals surface area (Å²) in [5.74, 6) is -3.22. The number of carbonyl (C=O) groups is 4. The number of phosphoric acid groups is 1. The van der Waals surface area contributed by atoms with E-state index in [2.05, 4.69) is 0 Å². The minimum atomic E-state index is -4.79. The van der Waals surface area contributed by atoms with Gasteiger partial charge in [0.25, 0.3) is 0 Å². The first-order valence-electron chi connectivity index (χ1n) is 18.5. The van der Waals surface area contributed by atoms with Gasteiger partial charge in [-0.15, -0.1) is 0 Å². The maximum atomic E-state index is 17.1. The Labute approximate surface area is 329 Å². The molecule has 0 aromatic heterocycles. The van der Waals surface area contributed by atoms with E-state index in [1.54, 1.807) is 123 Å². The molecule has 1 aliphatic heterocycles. The zero-order valence-electron chi connectivity index (χ0n) is 34.5. The first-order valence-corrected chi connectivity index (χ1v) is 19.9. The molecule has 1 saturated heterocycles. The number of esters is 4. The minimum Gasteiger partial charge on any atom is -0.461 e. The summed E-state index contributed by atoms with van der Waals surface area (Å²) in [5.41, 5.74) is -3.29. The van der Waals surface area contributed by atoms with Gasteiger partial charge in [0.2, 0.25) is 6.29 Å². The summed E-state index contributed by atoms with van der Waals surface area (Å²) in [7, 11) is -4.79. The number of hydrogen-bond donors (Lipinski definition) is 0. The van der Waals surface area contributed by atoms with Crippen molar-refractivity contribution < 1.29 is 65.4 Å². The van der Waals surface area contributed by atoms with Gasteiger partial charge in [-0.2, -0.15) is 0 Å². The molecule has 5 unspecified atom stereocenters. The largest absolute Gasteiger partial charge is 0.477 e. The average molecular weight is 809 g/mol. The Hall–Kier alpha value is -3.68. The molecule has 2 aromatic carbocycles. The summed E-state index contributed by atoms with van der Waals surface area (Å²) in [6.45, 7) is 17.6. The molecule has 13 nitrogen and oxygen atoms in total. The molecule has 0 spiro atoms. The topological polar surface area (TPSA) is 159 Å². The molecule has 56 heavy (non-hydrogen) atoms. The number of alkyl halides is 1. The number of benzene rings is 2. The molecule has 1 fully saturated rings. The fourth-order valence-electron chi connectivity index (χ4n) is 4.65. The van der Waals surface area contributed by atoms with Gasteiger partial charge in [0.15, 0.2) is 24.5 Å². The molecular formula is C41H58FO13P. The first-order chi connectivity index (χ1) is 25.7. The fourth-order valence-corrected chi connectivity index (χ4v) is 5.88. The van der Waals surface area contributed by atoms with Crippen molar-refractivity contribution in [1.29, 1.82) is 0 Å². The van der Waals surface area contributed by atoms with E-state index in [9.17, 15) is 23.7 Å². The molecule has 0 saturated carbocycles. The van der Waals surface area contributed by atoms with Crippen molar-refractivity contribution in [2.75, 3.05) is 6.61 Å². The molecular weight excluding hydrogens is 750 g/mol. The second-order valence-corrected chi connectivity index (χ2v) is 19.4. The Morgan fingerprint density at radius 3 is 1.46 bits per heavy atom. The van der Waals surface area contributed by atoms with Crippen LogP contribution in [0, 0.1) is 21.7 Å². The van der Waals surface area contributed by atoms with Gasteiger partial charge in [-0.05, 0) is 94.2 Å². The molecule has 3 rings (SSSR count). The normalized spacial score (nSPS) is 21.4. The molecule has 1 heterocycles. The first kappa shape index (κ1) is 46.7. The summed E-state index contributed by atoms with van der Waals surface area (Å²) in [6.07, 6.45) is -11.9. The van der Waals surface area contributed by atoms with Crippen molar-refractivity contribution in [3.05, 3.63) is 71.8 Å². The lowest BCUT2D eigenvalue weighted by Crippen LogP contribution is -2.64. The second kappa shape index (κ2) is 18.7. The van der Waals surface area contributed by atoms with Gasteiger partial charge < -0.3 is 23.7 Å². The van der Waals surface area contributed by atoms with Crippen LogP contribution in [0.15, 0.2) is 60.7 Å². The van der Waals surface area contributed by atoms with Gasteiger partial charge in [0.05, 0.1) is 34.9 Å². The maximum Gasteiger partial charge on any atom is 0.477 e. The van der Waals surface area contributed by atoms with Crippen LogP contribution in [0.3, 0.4) is 0 Å². The van der Waals surface area contributed by atoms with Gasteiger partial charge in [0, 0.05) is 0 Å². The van der Waals surface area contributed by atoms with Crippen molar-refractivity contribution >= 4 is 31.7 Å². The van der Waals surface area contributed by atoms with Gasteiger partial charge in [-0.1, -0.05) is 60.7 Å². The van der Waals surface area contributed by atoms with Gasteiger partial charge in [0.1, 0.15) is 12.7 Å². The third kappa shape index (κ3) is 13.8. The van der Waals surface area contributed by atoms with E-state index in [1.807, 2.05) is 0 Å². The number of rotatable bonds is 14. The maximum absolute atomic E-state index is 17.1. The Kier molecular flexibility index (Phi) is 15.6. The van der Waals surface area contributed by atoms with Crippen LogP contribution in [0.2, 0.25) is 0 Å². The highest BCUT2D eigenvalue weighted by Crippen LogP contribution is 2.54. The van der Waals surface area contributed by atoms with Gasteiger partial charge in [-0.3, -0.25) is 32.7 Å². The molecule has 1 aliphatic rings. The summed E-state index contributed by atoms with van der Waals surface area (Å²) in [6, 6.07) is 17.3. The fraction of sp³-hybridized carbons (Fsp3) is 0.610. The molecule has 15 heteroatoms. The van der Waals surface area contributed by atoms with E-state index < -0.39 is 96.8 Å². The third-order valence-electron chi connectivity index (χ3n) is 8.15. The van der Waals surface area contributed by atoms with Crippen molar-refractivity contribution in [3.8, 4) is 0 Å². The zero-order valence-corrected chi connectivity index (χ0v) is 35.4. The zero-order chi connectivity index (χ0) is 42.3. The average Bonchev–Trinajstić information content (AvgIpc) is 3.10. The molecule has 0 aliphatic carbocycles. The van der Waals surface area contributed by atoms with Crippen LogP contribution in [0.4, 0.5) is 4.39 Å². The number of hydrogen-bond acceptors (Lipinski definition) is 13. The summed E-state index contributed by atoms with van der Waals surface area (Å²) in [4.78, 5) is 53.4. The van der Waals surface area contributed by atoms with Gasteiger partial charge in [-0.25, -0.2) is 8.96 Å². The highest BCUT2D eigenvalue weighted by atomic mass is 31.2. The Balaban J connectivity index is 2.19. The van der Waals surface area contributed by atoms with Crippen LogP contribution in [-0.2, 0) is 74.2 Å². The van der Waals surface area contributed by atoms with Crippen molar-refractivity contribution in [2.45, 2.75) is 133 Å². The van der Waals surface area contributed by atoms with Crippen LogP contribution in [-0.4, -0.2) is 67.4 Å². The van der Waals surface area contributed by atoms with Crippen LogP contribution < -0.4 is 0 Å². The van der Waals surface area contributed by atoms with E-state index >= 15 is 4.39 Å². The Morgan fingerprint density at radius 1 is 0.643 bits per heavy atom. The van der Waals surface area contributed by atoms with E-state index in [0.29, 0.717) is 11.1 Å². The predicted octanol–water partition coefficient (Wildman–Crippen LogP) is 8.07. The molecule has 0 N–H and O–H groups in total. The number of ether oxygens (including phenoxy) is 5. The molecule has 2 aromatic rings. The van der Waals surface area contributed by atoms with Crippen LogP contribution in [0.1, 0.15) is 94.2 Å². The van der Waals surface area contributed by atoms with Crippen LogP contribution >= 0.6 is 7.82 Å². The SMILES string of the molecule is CC(C)(C)C(=O)OC[C@H](OC(=O)C(C)(C)C)C1OC(OP(=O)(OCc2ccccc2)OCc2ccccc2)C(F)C(OC(=O)C(C)(C)C)C1OC(=O)C(C)(C)C. The van der Waals surface area contributed by atoms with E-state index in [1.165, 1.54) is 20.8 Å². The molecule has 312 valence electrons. The number of halogens is 1. The quantitative estimate of drug-likeness (QED) is 0.103. The van der Waals surface area contributed by atoms with Crippen molar-refractivity contribution in [1.82, 2.24) is 0 Å². The summed E-state index contributed by atoms with van der Waals surface area (Å²) in [5, 5.41) is 0. The monoisotopic (exact) mass is 808 g/mol. The lowest BCUT2D eigenvalue weighted by molar-refractivity contribution is -0.292. The highest BCUT2D eigenvalue weighted by Gasteiger charge is 2.57. The Bertz CT molecular complexity index is 1630.